The summed E-state index contributed by atoms with van der Waals surface area (Å²) < 4.78 is 4.84. The zero-order chi connectivity index (χ0) is 12.4. The number of carbonyl (C=O) groups is 1. The average molecular weight is 238 g/mol. The summed E-state index contributed by atoms with van der Waals surface area (Å²) in [6.45, 7) is 0.990. The lowest BCUT2D eigenvalue weighted by Crippen LogP contribution is -2.02. The van der Waals surface area contributed by atoms with Crippen molar-refractivity contribution in [2.75, 3.05) is 6.61 Å². The predicted octanol–water partition coefficient (Wildman–Crippen LogP) is 3.36. The van der Waals surface area contributed by atoms with Gasteiger partial charge in [-0.3, -0.25) is 4.79 Å². The van der Waals surface area contributed by atoms with Gasteiger partial charge in [0.05, 0.1) is 6.61 Å². The summed E-state index contributed by atoms with van der Waals surface area (Å²) in [5, 5.41) is 0. The van der Waals surface area contributed by atoms with E-state index in [0.717, 1.165) is 6.42 Å². The van der Waals surface area contributed by atoms with Crippen LogP contribution in [0.1, 0.15) is 23.5 Å². The van der Waals surface area contributed by atoms with E-state index in [4.69, 9.17) is 4.74 Å². The Labute approximate surface area is 106 Å². The largest absolute Gasteiger partial charge is 0.468 e. The summed E-state index contributed by atoms with van der Waals surface area (Å²) in [6, 6.07) is 16.9. The summed E-state index contributed by atoms with van der Waals surface area (Å²) in [5.74, 6) is 0.345. The number of fused-ring (bicyclic) bond motifs is 3. The predicted molar refractivity (Wildman–Crippen MR) is 70.4 cm³/mol. The number of rotatable bonds is 4. The first-order valence-corrected chi connectivity index (χ1v) is 6.15. The maximum atomic E-state index is 10.2. The van der Waals surface area contributed by atoms with Crippen molar-refractivity contribution < 1.29 is 9.53 Å². The van der Waals surface area contributed by atoms with Crippen LogP contribution in [0.4, 0.5) is 0 Å². The van der Waals surface area contributed by atoms with Crippen molar-refractivity contribution in [2.45, 2.75) is 12.3 Å². The lowest BCUT2D eigenvalue weighted by Gasteiger charge is -2.12. The maximum Gasteiger partial charge on any atom is 0.293 e. The zero-order valence-corrected chi connectivity index (χ0v) is 10.0. The molecular weight excluding hydrogens is 224 g/mol. The van der Waals surface area contributed by atoms with Gasteiger partial charge in [-0.15, -0.1) is 0 Å². The van der Waals surface area contributed by atoms with E-state index < -0.39 is 0 Å². The van der Waals surface area contributed by atoms with Crippen LogP contribution in [-0.2, 0) is 9.53 Å². The molecule has 2 aromatic rings. The van der Waals surface area contributed by atoms with Crippen molar-refractivity contribution >= 4 is 6.47 Å². The minimum absolute atomic E-state index is 0.345. The quantitative estimate of drug-likeness (QED) is 0.603. The fraction of sp³-hybridized carbons (Fsp3) is 0.188. The van der Waals surface area contributed by atoms with Crippen molar-refractivity contribution in [3.8, 4) is 11.1 Å². The molecule has 1 aliphatic rings. The Hall–Kier alpha value is -2.09. The van der Waals surface area contributed by atoms with E-state index >= 15 is 0 Å². The molecule has 18 heavy (non-hydrogen) atoms. The van der Waals surface area contributed by atoms with Crippen molar-refractivity contribution in [1.29, 1.82) is 0 Å². The highest BCUT2D eigenvalue weighted by Crippen LogP contribution is 2.45. The second kappa shape index (κ2) is 4.65. The first kappa shape index (κ1) is 11.0. The Bertz CT molecular complexity index is 529. The number of benzene rings is 2. The molecule has 0 amide bonds. The van der Waals surface area contributed by atoms with Gasteiger partial charge in [-0.2, -0.15) is 0 Å². The molecule has 0 radical (unpaired) electrons. The molecular formula is C16H14O2. The van der Waals surface area contributed by atoms with E-state index in [1.54, 1.807) is 0 Å². The normalized spacial score (nSPS) is 12.9. The molecule has 0 unspecified atom stereocenters. The molecule has 0 N–H and O–H groups in total. The molecule has 0 bridgehead atoms. The lowest BCUT2D eigenvalue weighted by molar-refractivity contribution is -0.128. The van der Waals surface area contributed by atoms with Crippen LogP contribution in [0.25, 0.3) is 11.1 Å². The third-order valence-electron chi connectivity index (χ3n) is 3.56. The molecule has 2 aromatic carbocycles. The smallest absolute Gasteiger partial charge is 0.293 e. The summed E-state index contributed by atoms with van der Waals surface area (Å²) in [7, 11) is 0. The van der Waals surface area contributed by atoms with E-state index in [-0.39, 0.29) is 0 Å². The van der Waals surface area contributed by atoms with Crippen LogP contribution < -0.4 is 0 Å². The highest BCUT2D eigenvalue weighted by Gasteiger charge is 2.27. The fourth-order valence-electron chi connectivity index (χ4n) is 2.80. The Balaban J connectivity index is 2.01. The number of hydrogen-bond acceptors (Lipinski definition) is 2. The summed E-state index contributed by atoms with van der Waals surface area (Å²) in [5.41, 5.74) is 5.30. The van der Waals surface area contributed by atoms with Crippen molar-refractivity contribution in [2.24, 2.45) is 0 Å². The van der Waals surface area contributed by atoms with Gasteiger partial charge in [0, 0.05) is 5.92 Å². The van der Waals surface area contributed by atoms with Gasteiger partial charge >= 0.3 is 0 Å². The van der Waals surface area contributed by atoms with Crippen LogP contribution in [0.2, 0.25) is 0 Å². The molecule has 0 aliphatic heterocycles. The van der Waals surface area contributed by atoms with E-state index in [2.05, 4.69) is 48.5 Å². The van der Waals surface area contributed by atoms with E-state index in [1.165, 1.54) is 22.3 Å². The highest BCUT2D eigenvalue weighted by atomic mass is 16.5. The maximum absolute atomic E-state index is 10.2. The second-order valence-electron chi connectivity index (χ2n) is 4.48. The van der Waals surface area contributed by atoms with Gasteiger partial charge in [0.15, 0.2) is 0 Å². The van der Waals surface area contributed by atoms with Crippen LogP contribution in [0, 0.1) is 0 Å². The molecule has 1 aliphatic carbocycles. The first-order valence-electron chi connectivity index (χ1n) is 6.15. The topological polar surface area (TPSA) is 26.3 Å². The molecule has 0 saturated heterocycles. The lowest BCUT2D eigenvalue weighted by atomic mass is 9.94. The average Bonchev–Trinajstić information content (AvgIpc) is 2.74. The van der Waals surface area contributed by atoms with Crippen molar-refractivity contribution in [1.82, 2.24) is 0 Å². The molecule has 0 spiro atoms. The van der Waals surface area contributed by atoms with Crippen molar-refractivity contribution in [3.05, 3.63) is 59.7 Å². The molecule has 0 fully saturated rings. The van der Waals surface area contributed by atoms with Crippen LogP contribution in [-0.4, -0.2) is 13.1 Å². The van der Waals surface area contributed by atoms with Gasteiger partial charge in [-0.1, -0.05) is 48.5 Å². The van der Waals surface area contributed by atoms with Gasteiger partial charge in [-0.05, 0) is 28.7 Å². The van der Waals surface area contributed by atoms with Crippen LogP contribution in [0.15, 0.2) is 48.5 Å². The van der Waals surface area contributed by atoms with Gasteiger partial charge in [0.1, 0.15) is 0 Å². The Morgan fingerprint density at radius 1 is 0.944 bits per heavy atom. The molecule has 90 valence electrons. The van der Waals surface area contributed by atoms with E-state index in [0.29, 0.717) is 19.0 Å². The Morgan fingerprint density at radius 3 is 2.06 bits per heavy atom. The minimum atomic E-state index is 0.345. The zero-order valence-electron chi connectivity index (χ0n) is 10.0. The highest BCUT2D eigenvalue weighted by molar-refractivity contribution is 5.78. The molecule has 0 heterocycles. The minimum Gasteiger partial charge on any atom is -0.468 e. The summed E-state index contributed by atoms with van der Waals surface area (Å²) in [6.07, 6.45) is 0.840. The van der Waals surface area contributed by atoms with E-state index in [9.17, 15) is 4.79 Å². The third kappa shape index (κ3) is 1.70. The van der Waals surface area contributed by atoms with Gasteiger partial charge in [0.25, 0.3) is 6.47 Å². The number of ether oxygens (including phenoxy) is 1. The fourth-order valence-corrected chi connectivity index (χ4v) is 2.80. The monoisotopic (exact) mass is 238 g/mol. The Kier molecular flexibility index (Phi) is 2.85. The number of carbonyl (C=O) groups excluding carboxylic acids is 1. The standard InChI is InChI=1S/C16H14O2/c17-11-18-10-9-16-14-7-3-1-5-12(14)13-6-2-4-8-15(13)16/h1-8,11,16H,9-10H2. The molecule has 2 nitrogen and oxygen atoms in total. The summed E-state index contributed by atoms with van der Waals surface area (Å²) in [4.78, 5) is 10.2. The summed E-state index contributed by atoms with van der Waals surface area (Å²) >= 11 is 0. The second-order valence-corrected chi connectivity index (χ2v) is 4.48. The molecule has 0 aromatic heterocycles. The molecule has 3 rings (SSSR count). The van der Waals surface area contributed by atoms with Crippen LogP contribution >= 0.6 is 0 Å². The van der Waals surface area contributed by atoms with Crippen molar-refractivity contribution in [3.63, 3.8) is 0 Å². The molecule has 0 saturated carbocycles. The van der Waals surface area contributed by atoms with Gasteiger partial charge in [-0.25, -0.2) is 0 Å². The molecule has 2 heteroatoms. The molecule has 0 atom stereocenters. The number of hydrogen-bond donors (Lipinski definition) is 0. The Morgan fingerprint density at radius 2 is 1.50 bits per heavy atom. The first-order chi connectivity index (χ1) is 8.92. The third-order valence-corrected chi connectivity index (χ3v) is 3.56. The van der Waals surface area contributed by atoms with Crippen LogP contribution in [0.5, 0.6) is 0 Å². The SMILES string of the molecule is O=COCCC1c2ccccc2-c2ccccc21. The van der Waals surface area contributed by atoms with Gasteiger partial charge in [0.2, 0.25) is 0 Å². The van der Waals surface area contributed by atoms with Crippen LogP contribution in [0.3, 0.4) is 0 Å². The van der Waals surface area contributed by atoms with Gasteiger partial charge < -0.3 is 4.74 Å². The van der Waals surface area contributed by atoms with E-state index in [1.807, 2.05) is 0 Å².